The first-order valence-corrected chi connectivity index (χ1v) is 7.61. The van der Waals surface area contributed by atoms with E-state index in [-0.39, 0.29) is 0 Å². The van der Waals surface area contributed by atoms with E-state index in [2.05, 4.69) is 57.8 Å². The molecule has 0 heterocycles. The Bertz CT molecular complexity index is 524. The van der Waals surface area contributed by atoms with Crippen molar-refractivity contribution in [1.29, 1.82) is 0 Å². The lowest BCUT2D eigenvalue weighted by Gasteiger charge is -2.10. The van der Waals surface area contributed by atoms with Crippen LogP contribution >= 0.6 is 31.9 Å². The molecule has 0 N–H and O–H groups in total. The Hall–Kier alpha value is -0.800. The van der Waals surface area contributed by atoms with E-state index in [1.165, 1.54) is 16.7 Å². The zero-order valence-electron chi connectivity index (χ0n) is 10.3. The lowest BCUT2D eigenvalue weighted by Crippen LogP contribution is -1.88. The normalized spacial score (nSPS) is 10.4. The van der Waals surface area contributed by atoms with Crippen molar-refractivity contribution in [2.24, 2.45) is 0 Å². The van der Waals surface area contributed by atoms with E-state index in [4.69, 9.17) is 4.74 Å². The molecule has 0 bridgehead atoms. The molecule has 0 unspecified atom stereocenters. The monoisotopic (exact) mass is 368 g/mol. The third kappa shape index (κ3) is 3.15. The van der Waals surface area contributed by atoms with Crippen molar-refractivity contribution in [1.82, 2.24) is 0 Å². The molecule has 3 heteroatoms. The van der Waals surface area contributed by atoms with E-state index in [0.717, 1.165) is 21.3 Å². The minimum absolute atomic E-state index is 0.862. The van der Waals surface area contributed by atoms with Crippen molar-refractivity contribution in [2.75, 3.05) is 0 Å². The van der Waals surface area contributed by atoms with E-state index >= 15 is 0 Å². The Morgan fingerprint density at radius 1 is 0.944 bits per heavy atom. The highest BCUT2D eigenvalue weighted by atomic mass is 79.9. The fourth-order valence-corrected chi connectivity index (χ4v) is 2.35. The Morgan fingerprint density at radius 2 is 1.50 bits per heavy atom. The van der Waals surface area contributed by atoms with Crippen LogP contribution in [-0.4, -0.2) is 0 Å². The van der Waals surface area contributed by atoms with Crippen LogP contribution in [0.15, 0.2) is 40.9 Å². The number of rotatable bonds is 3. The third-order valence-corrected chi connectivity index (χ3v) is 4.62. The molecule has 1 nitrogen and oxygen atoms in total. The van der Waals surface area contributed by atoms with Gasteiger partial charge in [-0.2, -0.15) is 0 Å². The smallest absolute Gasteiger partial charge is 0.128 e. The topological polar surface area (TPSA) is 9.23 Å². The van der Waals surface area contributed by atoms with Crippen LogP contribution in [-0.2, 0) is 5.33 Å². The maximum absolute atomic E-state index is 5.86. The van der Waals surface area contributed by atoms with Crippen molar-refractivity contribution in [3.63, 3.8) is 0 Å². The molecule has 0 amide bonds. The maximum atomic E-state index is 5.86. The Morgan fingerprint density at radius 3 is 2.00 bits per heavy atom. The van der Waals surface area contributed by atoms with Crippen LogP contribution in [0.25, 0.3) is 0 Å². The van der Waals surface area contributed by atoms with Crippen LogP contribution in [0.1, 0.15) is 16.7 Å². The lowest BCUT2D eigenvalue weighted by atomic mass is 10.1. The highest BCUT2D eigenvalue weighted by Crippen LogP contribution is 2.29. The molecule has 94 valence electrons. The highest BCUT2D eigenvalue weighted by molar-refractivity contribution is 9.10. The molecule has 0 aromatic heterocycles. The van der Waals surface area contributed by atoms with Crippen molar-refractivity contribution >= 4 is 31.9 Å². The number of aryl methyl sites for hydroxylation is 2. The summed E-state index contributed by atoms with van der Waals surface area (Å²) >= 11 is 6.99. The van der Waals surface area contributed by atoms with Gasteiger partial charge in [-0.15, -0.1) is 0 Å². The van der Waals surface area contributed by atoms with Gasteiger partial charge >= 0.3 is 0 Å². The molecule has 2 rings (SSSR count). The van der Waals surface area contributed by atoms with E-state index in [9.17, 15) is 0 Å². The van der Waals surface area contributed by atoms with Crippen LogP contribution < -0.4 is 4.74 Å². The Balaban J connectivity index is 2.23. The predicted molar refractivity (Wildman–Crippen MR) is 82.8 cm³/mol. The second-order valence-corrected chi connectivity index (χ2v) is 5.60. The molecule has 0 radical (unpaired) electrons. The molecule has 0 aliphatic carbocycles. The average molecular weight is 370 g/mol. The SMILES string of the molecule is Cc1cc(Oc2ccc(CBr)cc2)cc(C)c1Br. The van der Waals surface area contributed by atoms with Crippen molar-refractivity contribution in [2.45, 2.75) is 19.2 Å². The summed E-state index contributed by atoms with van der Waals surface area (Å²) in [4.78, 5) is 0. The fourth-order valence-electron chi connectivity index (χ4n) is 1.75. The number of ether oxygens (including phenoxy) is 1. The average Bonchev–Trinajstić information content (AvgIpc) is 2.37. The lowest BCUT2D eigenvalue weighted by molar-refractivity contribution is 0.481. The van der Waals surface area contributed by atoms with Gasteiger partial charge in [-0.1, -0.05) is 44.0 Å². The van der Waals surface area contributed by atoms with E-state index < -0.39 is 0 Å². The van der Waals surface area contributed by atoms with Gasteiger partial charge < -0.3 is 4.74 Å². The van der Waals surface area contributed by atoms with Crippen LogP contribution in [0.5, 0.6) is 11.5 Å². The molecule has 0 aliphatic heterocycles. The number of hydrogen-bond acceptors (Lipinski definition) is 1. The van der Waals surface area contributed by atoms with Crippen molar-refractivity contribution in [3.8, 4) is 11.5 Å². The third-order valence-electron chi connectivity index (χ3n) is 2.72. The summed E-state index contributed by atoms with van der Waals surface area (Å²) in [5.74, 6) is 1.74. The van der Waals surface area contributed by atoms with Gasteiger partial charge in [-0.25, -0.2) is 0 Å². The van der Waals surface area contributed by atoms with Gasteiger partial charge in [0.1, 0.15) is 11.5 Å². The highest BCUT2D eigenvalue weighted by Gasteiger charge is 2.04. The van der Waals surface area contributed by atoms with E-state index in [1.807, 2.05) is 24.3 Å². The Labute approximate surface area is 124 Å². The molecule has 0 saturated carbocycles. The summed E-state index contributed by atoms with van der Waals surface area (Å²) < 4.78 is 7.00. The standard InChI is InChI=1S/C15H14Br2O/c1-10-7-14(8-11(2)15(10)17)18-13-5-3-12(9-16)4-6-13/h3-8H,9H2,1-2H3. The second-order valence-electron chi connectivity index (χ2n) is 4.25. The van der Waals surface area contributed by atoms with Crippen LogP contribution in [0, 0.1) is 13.8 Å². The van der Waals surface area contributed by atoms with E-state index in [0.29, 0.717) is 0 Å². The fraction of sp³-hybridized carbons (Fsp3) is 0.200. The first-order valence-electron chi connectivity index (χ1n) is 5.69. The van der Waals surface area contributed by atoms with Crippen LogP contribution in [0.4, 0.5) is 0 Å². The quantitative estimate of drug-likeness (QED) is 0.625. The molecular formula is C15H14Br2O. The van der Waals surface area contributed by atoms with Gasteiger partial charge in [-0.3, -0.25) is 0 Å². The zero-order chi connectivity index (χ0) is 13.1. The first kappa shape index (κ1) is 13.6. The zero-order valence-corrected chi connectivity index (χ0v) is 13.5. The van der Waals surface area contributed by atoms with E-state index in [1.54, 1.807) is 0 Å². The summed E-state index contributed by atoms with van der Waals surface area (Å²) in [5, 5.41) is 0.865. The molecule has 0 aliphatic rings. The second kappa shape index (κ2) is 5.89. The summed E-state index contributed by atoms with van der Waals surface area (Å²) in [6, 6.07) is 12.2. The minimum atomic E-state index is 0.862. The number of benzene rings is 2. The van der Waals surface area contributed by atoms with Gasteiger partial charge in [0, 0.05) is 9.80 Å². The molecular weight excluding hydrogens is 356 g/mol. The van der Waals surface area contributed by atoms with Gasteiger partial charge in [0.25, 0.3) is 0 Å². The van der Waals surface area contributed by atoms with Gasteiger partial charge in [0.15, 0.2) is 0 Å². The molecule has 0 fully saturated rings. The molecule has 0 saturated heterocycles. The Kier molecular flexibility index (Phi) is 4.46. The van der Waals surface area contributed by atoms with Crippen molar-refractivity contribution < 1.29 is 4.74 Å². The van der Waals surface area contributed by atoms with Crippen molar-refractivity contribution in [3.05, 3.63) is 57.6 Å². The summed E-state index contributed by atoms with van der Waals surface area (Å²) in [6.45, 7) is 4.13. The molecule has 18 heavy (non-hydrogen) atoms. The largest absolute Gasteiger partial charge is 0.457 e. The molecule has 0 spiro atoms. The van der Waals surface area contributed by atoms with Crippen LogP contribution in [0.2, 0.25) is 0 Å². The first-order chi connectivity index (χ1) is 8.60. The molecule has 0 atom stereocenters. The van der Waals surface area contributed by atoms with Gasteiger partial charge in [-0.05, 0) is 54.8 Å². The van der Waals surface area contributed by atoms with Gasteiger partial charge in [0.2, 0.25) is 0 Å². The maximum Gasteiger partial charge on any atom is 0.128 e. The molecule has 2 aromatic carbocycles. The van der Waals surface area contributed by atoms with Crippen LogP contribution in [0.3, 0.4) is 0 Å². The number of halogens is 2. The van der Waals surface area contributed by atoms with Gasteiger partial charge in [0.05, 0.1) is 0 Å². The number of hydrogen-bond donors (Lipinski definition) is 0. The summed E-state index contributed by atoms with van der Waals surface area (Å²) in [6.07, 6.45) is 0. The minimum Gasteiger partial charge on any atom is -0.457 e. The predicted octanol–water partition coefficient (Wildman–Crippen LogP) is 5.75. The summed E-state index contributed by atoms with van der Waals surface area (Å²) in [7, 11) is 0. The number of alkyl halides is 1. The molecule has 2 aromatic rings. The summed E-state index contributed by atoms with van der Waals surface area (Å²) in [5.41, 5.74) is 3.61.